The normalized spacial score (nSPS) is 15.2. The van der Waals surface area contributed by atoms with Crippen LogP contribution in [0.1, 0.15) is 10.4 Å². The minimum Gasteiger partial charge on any atom is -0.339 e. The molecule has 124 valence electrons. The lowest BCUT2D eigenvalue weighted by atomic mass is 10.2. The molecule has 4 rings (SSSR count). The quantitative estimate of drug-likeness (QED) is 0.692. The van der Waals surface area contributed by atoms with Crippen molar-refractivity contribution in [2.45, 2.75) is 0 Å². The number of aromatic nitrogens is 5. The smallest absolute Gasteiger partial charge is 0.257 e. The number of piperazine rings is 1. The number of rotatable bonds is 2. The maximum Gasteiger partial charge on any atom is 0.257 e. The predicted octanol–water partition coefficient (Wildman–Crippen LogP) is 0.664. The minimum absolute atomic E-state index is 0.0365. The number of carbonyl (C=O) groups is 1. The molecule has 8 nitrogen and oxygen atoms in total. The van der Waals surface area contributed by atoms with Crippen molar-refractivity contribution in [1.82, 2.24) is 29.2 Å². The molecular weight excluding hydrogens is 306 g/mol. The number of amides is 1. The summed E-state index contributed by atoms with van der Waals surface area (Å²) in [6.07, 6.45) is 5.15. The molecule has 0 radical (unpaired) electrons. The highest BCUT2D eigenvalue weighted by atomic mass is 16.2. The van der Waals surface area contributed by atoms with Crippen molar-refractivity contribution in [2.75, 3.05) is 31.1 Å². The monoisotopic (exact) mass is 325 g/mol. The fourth-order valence-electron chi connectivity index (χ4n) is 3.12. The van der Waals surface area contributed by atoms with E-state index in [1.807, 2.05) is 35.7 Å². The van der Waals surface area contributed by atoms with Crippen molar-refractivity contribution >= 4 is 23.0 Å². The zero-order valence-corrected chi connectivity index (χ0v) is 13.8. The Labute approximate surface area is 139 Å². The van der Waals surface area contributed by atoms with Crippen molar-refractivity contribution in [3.8, 4) is 0 Å². The number of imidazole rings is 1. The topological polar surface area (TPSA) is 72.1 Å². The van der Waals surface area contributed by atoms with E-state index < -0.39 is 0 Å². The first-order valence-corrected chi connectivity index (χ1v) is 7.94. The molecule has 0 aromatic carbocycles. The first-order chi connectivity index (χ1) is 11.6. The summed E-state index contributed by atoms with van der Waals surface area (Å²) in [6, 6.07) is 3.86. The molecule has 3 aromatic heterocycles. The zero-order chi connectivity index (χ0) is 16.7. The Balaban J connectivity index is 1.49. The molecule has 1 amide bonds. The third-order valence-electron chi connectivity index (χ3n) is 4.41. The van der Waals surface area contributed by atoms with Gasteiger partial charge in [-0.05, 0) is 12.1 Å². The number of fused-ring (bicyclic) bond motifs is 1. The van der Waals surface area contributed by atoms with Gasteiger partial charge in [0.2, 0.25) is 5.95 Å². The molecule has 0 bridgehead atoms. The van der Waals surface area contributed by atoms with Gasteiger partial charge in [0.05, 0.1) is 11.8 Å². The molecule has 1 fully saturated rings. The van der Waals surface area contributed by atoms with Gasteiger partial charge in [-0.2, -0.15) is 5.10 Å². The number of hydrogen-bond donors (Lipinski definition) is 0. The fourth-order valence-corrected chi connectivity index (χ4v) is 3.12. The van der Waals surface area contributed by atoms with Crippen LogP contribution in [0.3, 0.4) is 0 Å². The molecular formula is C16H19N7O. The summed E-state index contributed by atoms with van der Waals surface area (Å²) < 4.78 is 3.66. The standard InChI is InChI=1S/C16H19N7O/c1-20-11-12(10-18-20)15(24)22-6-8-23(9-7-22)16-19-13-4-3-5-17-14(13)21(16)2/h3-5,10-11H,6-9H2,1-2H3. The molecule has 24 heavy (non-hydrogen) atoms. The summed E-state index contributed by atoms with van der Waals surface area (Å²) in [7, 11) is 3.79. The van der Waals surface area contributed by atoms with Crippen LogP contribution in [0.5, 0.6) is 0 Å². The SMILES string of the molecule is Cn1cc(C(=O)N2CCN(c3nc4cccnc4n3C)CC2)cn1. The summed E-state index contributed by atoms with van der Waals surface area (Å²) in [5.74, 6) is 0.937. The van der Waals surface area contributed by atoms with Crippen LogP contribution in [0, 0.1) is 0 Å². The molecule has 0 atom stereocenters. The summed E-state index contributed by atoms with van der Waals surface area (Å²) in [5, 5.41) is 4.07. The van der Waals surface area contributed by atoms with E-state index in [1.165, 1.54) is 0 Å². The third-order valence-corrected chi connectivity index (χ3v) is 4.41. The predicted molar refractivity (Wildman–Crippen MR) is 89.8 cm³/mol. The van der Waals surface area contributed by atoms with Gasteiger partial charge in [0.25, 0.3) is 5.91 Å². The average Bonchev–Trinajstić information content (AvgIpc) is 3.19. The van der Waals surface area contributed by atoms with Crippen LogP contribution in [-0.4, -0.2) is 61.3 Å². The first kappa shape index (κ1) is 14.7. The molecule has 0 unspecified atom stereocenters. The Morgan fingerprint density at radius 1 is 1.17 bits per heavy atom. The highest BCUT2D eigenvalue weighted by molar-refractivity contribution is 5.93. The molecule has 1 saturated heterocycles. The second kappa shape index (κ2) is 5.63. The van der Waals surface area contributed by atoms with Gasteiger partial charge < -0.3 is 9.80 Å². The number of pyridine rings is 1. The molecule has 0 aliphatic carbocycles. The van der Waals surface area contributed by atoms with Crippen molar-refractivity contribution in [3.63, 3.8) is 0 Å². The van der Waals surface area contributed by atoms with Crippen LogP contribution >= 0.6 is 0 Å². The van der Waals surface area contributed by atoms with E-state index in [4.69, 9.17) is 0 Å². The lowest BCUT2D eigenvalue weighted by molar-refractivity contribution is 0.0746. The average molecular weight is 325 g/mol. The second-order valence-electron chi connectivity index (χ2n) is 6.00. The highest BCUT2D eigenvalue weighted by Crippen LogP contribution is 2.21. The van der Waals surface area contributed by atoms with Crippen molar-refractivity contribution in [1.29, 1.82) is 0 Å². The molecule has 8 heteroatoms. The summed E-state index contributed by atoms with van der Waals surface area (Å²) in [4.78, 5) is 25.6. The molecule has 0 saturated carbocycles. The van der Waals surface area contributed by atoms with Crippen LogP contribution in [0.2, 0.25) is 0 Å². The Kier molecular flexibility index (Phi) is 3.44. The van der Waals surface area contributed by atoms with Crippen molar-refractivity contribution < 1.29 is 4.79 Å². The van der Waals surface area contributed by atoms with Crippen molar-refractivity contribution in [3.05, 3.63) is 36.3 Å². The largest absolute Gasteiger partial charge is 0.339 e. The maximum atomic E-state index is 12.5. The molecule has 0 spiro atoms. The van der Waals surface area contributed by atoms with Gasteiger partial charge in [0.15, 0.2) is 5.65 Å². The Morgan fingerprint density at radius 3 is 2.62 bits per heavy atom. The van der Waals surface area contributed by atoms with E-state index in [0.29, 0.717) is 18.7 Å². The van der Waals surface area contributed by atoms with E-state index in [1.54, 1.807) is 23.3 Å². The summed E-state index contributed by atoms with van der Waals surface area (Å²) in [5.41, 5.74) is 2.41. The van der Waals surface area contributed by atoms with Crippen LogP contribution < -0.4 is 4.90 Å². The van der Waals surface area contributed by atoms with E-state index in [2.05, 4.69) is 20.0 Å². The second-order valence-corrected chi connectivity index (χ2v) is 6.00. The van der Waals surface area contributed by atoms with Crippen LogP contribution in [0.25, 0.3) is 11.2 Å². The lowest BCUT2D eigenvalue weighted by Crippen LogP contribution is -2.49. The number of hydrogen-bond acceptors (Lipinski definition) is 5. The molecule has 0 N–H and O–H groups in total. The summed E-state index contributed by atoms with van der Waals surface area (Å²) >= 11 is 0. The number of anilines is 1. The van der Waals surface area contributed by atoms with E-state index >= 15 is 0 Å². The van der Waals surface area contributed by atoms with Gasteiger partial charge in [-0.3, -0.25) is 14.0 Å². The number of nitrogens with zero attached hydrogens (tertiary/aromatic N) is 7. The molecule has 1 aliphatic rings. The van der Waals surface area contributed by atoms with Gasteiger partial charge in [-0.25, -0.2) is 9.97 Å². The number of carbonyl (C=O) groups excluding carboxylic acids is 1. The highest BCUT2D eigenvalue weighted by Gasteiger charge is 2.25. The summed E-state index contributed by atoms with van der Waals surface area (Å²) in [6.45, 7) is 2.85. The Bertz CT molecular complexity index is 889. The Morgan fingerprint density at radius 2 is 1.96 bits per heavy atom. The van der Waals surface area contributed by atoms with Gasteiger partial charge in [0.1, 0.15) is 5.52 Å². The van der Waals surface area contributed by atoms with Crippen molar-refractivity contribution in [2.24, 2.45) is 14.1 Å². The third kappa shape index (κ3) is 2.40. The van der Waals surface area contributed by atoms with Crippen LogP contribution in [0.4, 0.5) is 5.95 Å². The molecule has 1 aliphatic heterocycles. The molecule has 4 heterocycles. The van der Waals surface area contributed by atoms with Crippen LogP contribution in [-0.2, 0) is 14.1 Å². The van der Waals surface area contributed by atoms with Gasteiger partial charge in [-0.1, -0.05) is 0 Å². The lowest BCUT2D eigenvalue weighted by Gasteiger charge is -2.35. The Hall–Kier alpha value is -2.90. The maximum absolute atomic E-state index is 12.5. The fraction of sp³-hybridized carbons (Fsp3) is 0.375. The van der Waals surface area contributed by atoms with Gasteiger partial charge in [-0.15, -0.1) is 0 Å². The van der Waals surface area contributed by atoms with E-state index in [9.17, 15) is 4.79 Å². The zero-order valence-electron chi connectivity index (χ0n) is 13.8. The van der Waals surface area contributed by atoms with Gasteiger partial charge >= 0.3 is 0 Å². The molecule has 3 aromatic rings. The minimum atomic E-state index is 0.0365. The van der Waals surface area contributed by atoms with Crippen LogP contribution in [0.15, 0.2) is 30.7 Å². The number of aryl methyl sites for hydroxylation is 2. The first-order valence-electron chi connectivity index (χ1n) is 7.94. The van der Waals surface area contributed by atoms with E-state index in [0.717, 1.165) is 30.2 Å². The van der Waals surface area contributed by atoms with Gasteiger partial charge in [0, 0.05) is 52.7 Å². The van der Waals surface area contributed by atoms with E-state index in [-0.39, 0.29) is 5.91 Å².